The summed E-state index contributed by atoms with van der Waals surface area (Å²) in [5.74, 6) is -0.584. The second-order valence-corrected chi connectivity index (χ2v) is 8.25. The third kappa shape index (κ3) is 7.00. The predicted molar refractivity (Wildman–Crippen MR) is 84.2 cm³/mol. The maximum absolute atomic E-state index is 12.9. The molecule has 124 valence electrons. The van der Waals surface area contributed by atoms with Gasteiger partial charge in [-0.25, -0.2) is 12.8 Å². The minimum atomic E-state index is -3.45. The molecular formula is C15H23FN2O3S. The first-order valence-electron chi connectivity index (χ1n) is 6.98. The molecule has 0 aliphatic rings. The van der Waals surface area contributed by atoms with Crippen molar-refractivity contribution in [3.63, 3.8) is 0 Å². The van der Waals surface area contributed by atoms with Crippen molar-refractivity contribution in [2.45, 2.75) is 39.3 Å². The third-order valence-corrected chi connectivity index (χ3v) is 4.09. The van der Waals surface area contributed by atoms with Gasteiger partial charge in [0.15, 0.2) is 0 Å². The van der Waals surface area contributed by atoms with E-state index in [1.807, 2.05) is 20.8 Å². The van der Waals surface area contributed by atoms with E-state index in [1.165, 1.54) is 28.6 Å². The average Bonchev–Trinajstić information content (AvgIpc) is 2.33. The van der Waals surface area contributed by atoms with Gasteiger partial charge in [-0.1, -0.05) is 12.1 Å². The Balaban J connectivity index is 2.70. The van der Waals surface area contributed by atoms with Crippen molar-refractivity contribution in [1.29, 1.82) is 0 Å². The molecule has 1 rings (SSSR count). The molecule has 1 N–H and O–H groups in total. The highest BCUT2D eigenvalue weighted by Gasteiger charge is 2.20. The van der Waals surface area contributed by atoms with E-state index >= 15 is 0 Å². The van der Waals surface area contributed by atoms with Gasteiger partial charge in [-0.3, -0.25) is 4.79 Å². The van der Waals surface area contributed by atoms with Crippen LogP contribution in [0.3, 0.4) is 0 Å². The van der Waals surface area contributed by atoms with Gasteiger partial charge in [0.25, 0.3) is 0 Å². The molecule has 0 fully saturated rings. The van der Waals surface area contributed by atoms with Crippen LogP contribution in [0.25, 0.3) is 0 Å². The standard InChI is InChI=1S/C15H23FN2O3S/c1-15(2,3)17-14(19)9-10-18(22(4,20)21)11-12-5-7-13(16)8-6-12/h5-8H,9-11H2,1-4H3,(H,17,19). The number of hydrogen-bond donors (Lipinski definition) is 1. The quantitative estimate of drug-likeness (QED) is 0.866. The van der Waals surface area contributed by atoms with Gasteiger partial charge in [0.1, 0.15) is 5.82 Å². The van der Waals surface area contributed by atoms with E-state index in [-0.39, 0.29) is 36.8 Å². The summed E-state index contributed by atoms with van der Waals surface area (Å²) in [4.78, 5) is 11.8. The number of hydrogen-bond acceptors (Lipinski definition) is 3. The van der Waals surface area contributed by atoms with Crippen molar-refractivity contribution in [1.82, 2.24) is 9.62 Å². The molecule has 0 saturated heterocycles. The number of benzene rings is 1. The highest BCUT2D eigenvalue weighted by molar-refractivity contribution is 7.88. The smallest absolute Gasteiger partial charge is 0.221 e. The summed E-state index contributed by atoms with van der Waals surface area (Å²) in [6, 6.07) is 5.62. The van der Waals surface area contributed by atoms with E-state index in [9.17, 15) is 17.6 Å². The molecule has 1 aromatic carbocycles. The number of rotatable bonds is 6. The van der Waals surface area contributed by atoms with Gasteiger partial charge < -0.3 is 5.32 Å². The van der Waals surface area contributed by atoms with Gasteiger partial charge in [0.2, 0.25) is 15.9 Å². The van der Waals surface area contributed by atoms with Crippen LogP contribution in [0.2, 0.25) is 0 Å². The van der Waals surface area contributed by atoms with Crippen LogP contribution in [0.1, 0.15) is 32.8 Å². The maximum Gasteiger partial charge on any atom is 0.221 e. The Hall–Kier alpha value is -1.47. The predicted octanol–water partition coefficient (Wildman–Crippen LogP) is 1.89. The molecule has 0 aliphatic heterocycles. The Morgan fingerprint density at radius 2 is 1.77 bits per heavy atom. The van der Waals surface area contributed by atoms with Crippen LogP contribution >= 0.6 is 0 Å². The first-order valence-corrected chi connectivity index (χ1v) is 8.83. The Morgan fingerprint density at radius 3 is 2.23 bits per heavy atom. The van der Waals surface area contributed by atoms with E-state index in [1.54, 1.807) is 0 Å². The zero-order valence-corrected chi connectivity index (χ0v) is 14.2. The van der Waals surface area contributed by atoms with Gasteiger partial charge in [0.05, 0.1) is 6.26 Å². The molecule has 1 aromatic rings. The Bertz CT molecular complexity index is 607. The molecule has 0 atom stereocenters. The van der Waals surface area contributed by atoms with Crippen LogP contribution < -0.4 is 5.32 Å². The number of carbonyl (C=O) groups excluding carboxylic acids is 1. The summed E-state index contributed by atoms with van der Waals surface area (Å²) < 4.78 is 37.7. The lowest BCUT2D eigenvalue weighted by atomic mass is 10.1. The molecule has 5 nitrogen and oxygen atoms in total. The minimum absolute atomic E-state index is 0.0749. The summed E-state index contributed by atoms with van der Waals surface area (Å²) in [5, 5.41) is 2.79. The molecule has 0 aromatic heterocycles. The lowest BCUT2D eigenvalue weighted by Crippen LogP contribution is -2.42. The van der Waals surface area contributed by atoms with E-state index < -0.39 is 10.0 Å². The number of sulfonamides is 1. The monoisotopic (exact) mass is 330 g/mol. The van der Waals surface area contributed by atoms with E-state index in [0.717, 1.165) is 6.26 Å². The molecule has 0 heterocycles. The van der Waals surface area contributed by atoms with E-state index in [2.05, 4.69) is 5.32 Å². The molecule has 0 aliphatic carbocycles. The second-order valence-electron chi connectivity index (χ2n) is 6.27. The zero-order valence-electron chi connectivity index (χ0n) is 13.4. The van der Waals surface area contributed by atoms with Crippen LogP contribution in [-0.2, 0) is 21.4 Å². The number of halogens is 1. The third-order valence-electron chi connectivity index (χ3n) is 2.84. The Morgan fingerprint density at radius 1 is 1.23 bits per heavy atom. The van der Waals surface area contributed by atoms with Crippen molar-refractivity contribution in [2.24, 2.45) is 0 Å². The highest BCUT2D eigenvalue weighted by atomic mass is 32.2. The molecule has 7 heteroatoms. The van der Waals surface area contributed by atoms with Crippen molar-refractivity contribution < 1.29 is 17.6 Å². The lowest BCUT2D eigenvalue weighted by molar-refractivity contribution is -0.122. The van der Waals surface area contributed by atoms with Gasteiger partial charge in [-0.05, 0) is 38.5 Å². The highest BCUT2D eigenvalue weighted by Crippen LogP contribution is 2.10. The molecule has 0 saturated carbocycles. The maximum atomic E-state index is 12.9. The van der Waals surface area contributed by atoms with Crippen molar-refractivity contribution >= 4 is 15.9 Å². The molecule has 0 radical (unpaired) electrons. The molecule has 0 bridgehead atoms. The first-order chi connectivity index (χ1) is 9.97. The topological polar surface area (TPSA) is 66.5 Å². The minimum Gasteiger partial charge on any atom is -0.351 e. The zero-order chi connectivity index (χ0) is 17.0. The molecule has 22 heavy (non-hydrogen) atoms. The van der Waals surface area contributed by atoms with E-state index in [0.29, 0.717) is 5.56 Å². The summed E-state index contributed by atoms with van der Waals surface area (Å²) in [6.45, 7) is 5.77. The molecule has 0 spiro atoms. The van der Waals surface area contributed by atoms with Crippen molar-refractivity contribution in [3.05, 3.63) is 35.6 Å². The van der Waals surface area contributed by atoms with Crippen LogP contribution in [0.15, 0.2) is 24.3 Å². The summed E-state index contributed by atoms with van der Waals surface area (Å²) in [5.41, 5.74) is 0.312. The van der Waals surface area contributed by atoms with Crippen LogP contribution in [0.5, 0.6) is 0 Å². The average molecular weight is 330 g/mol. The number of carbonyl (C=O) groups is 1. The Kier molecular flexibility index (Phi) is 6.08. The fourth-order valence-corrected chi connectivity index (χ4v) is 2.67. The van der Waals surface area contributed by atoms with Gasteiger partial charge in [0, 0.05) is 25.0 Å². The SMILES string of the molecule is CC(C)(C)NC(=O)CCN(Cc1ccc(F)cc1)S(C)(=O)=O. The lowest BCUT2D eigenvalue weighted by Gasteiger charge is -2.23. The number of amides is 1. The first kappa shape index (κ1) is 18.6. The summed E-state index contributed by atoms with van der Waals surface area (Å²) in [6.07, 6.45) is 1.17. The fraction of sp³-hybridized carbons (Fsp3) is 0.533. The normalized spacial score (nSPS) is 12.5. The summed E-state index contributed by atoms with van der Waals surface area (Å²) >= 11 is 0. The number of nitrogens with one attached hydrogen (secondary N) is 1. The molecule has 1 amide bonds. The summed E-state index contributed by atoms with van der Waals surface area (Å²) in [7, 11) is -3.45. The second kappa shape index (κ2) is 7.19. The van der Waals surface area contributed by atoms with Gasteiger partial charge >= 0.3 is 0 Å². The number of nitrogens with zero attached hydrogens (tertiary/aromatic N) is 1. The van der Waals surface area contributed by atoms with Crippen molar-refractivity contribution in [3.8, 4) is 0 Å². The Labute approximate surface area is 131 Å². The van der Waals surface area contributed by atoms with Crippen LogP contribution in [0.4, 0.5) is 4.39 Å². The largest absolute Gasteiger partial charge is 0.351 e. The fourth-order valence-electron chi connectivity index (χ4n) is 1.86. The van der Waals surface area contributed by atoms with Crippen LogP contribution in [0, 0.1) is 5.82 Å². The van der Waals surface area contributed by atoms with Crippen molar-refractivity contribution in [2.75, 3.05) is 12.8 Å². The van der Waals surface area contributed by atoms with Gasteiger partial charge in [-0.2, -0.15) is 4.31 Å². The van der Waals surface area contributed by atoms with E-state index in [4.69, 9.17) is 0 Å². The van der Waals surface area contributed by atoms with Crippen LogP contribution in [-0.4, -0.2) is 37.0 Å². The molecule has 0 unspecified atom stereocenters. The van der Waals surface area contributed by atoms with Gasteiger partial charge in [-0.15, -0.1) is 0 Å². The molecular weight excluding hydrogens is 307 g/mol.